The summed E-state index contributed by atoms with van der Waals surface area (Å²) in [7, 11) is 2.25. The molecule has 2 unspecified atom stereocenters. The summed E-state index contributed by atoms with van der Waals surface area (Å²) in [4.78, 5) is 17.6. The molecule has 0 aliphatic carbocycles. The first-order valence-corrected chi connectivity index (χ1v) is 6.78. The maximum atomic E-state index is 10.6. The first kappa shape index (κ1) is 10.4. The Kier molecular flexibility index (Phi) is 2.56. The fourth-order valence-electron chi connectivity index (χ4n) is 3.16. The molecule has 0 radical (unpaired) electrons. The highest BCUT2D eigenvalue weighted by Crippen LogP contribution is 2.42. The Morgan fingerprint density at radius 3 is 2.69 bits per heavy atom. The standard InChI is InChI=1S/C12H16N2OS/c1-14-10-2-3-11(14)5-8(4-10)12-13-9(6-15)7-16-12/h6-8,10-11H,2-5H2,1H3. The maximum absolute atomic E-state index is 10.6. The summed E-state index contributed by atoms with van der Waals surface area (Å²) in [6.07, 6.45) is 5.97. The molecular weight excluding hydrogens is 220 g/mol. The monoisotopic (exact) mass is 236 g/mol. The van der Waals surface area contributed by atoms with E-state index < -0.39 is 0 Å². The molecule has 0 spiro atoms. The first-order valence-electron chi connectivity index (χ1n) is 5.90. The zero-order valence-electron chi connectivity index (χ0n) is 9.43. The topological polar surface area (TPSA) is 33.2 Å². The molecule has 3 heterocycles. The average Bonchev–Trinajstić information content (AvgIpc) is 2.82. The Bertz CT molecular complexity index is 389. The summed E-state index contributed by atoms with van der Waals surface area (Å²) >= 11 is 1.65. The number of hydrogen-bond acceptors (Lipinski definition) is 4. The van der Waals surface area contributed by atoms with Crippen molar-refractivity contribution in [1.29, 1.82) is 0 Å². The summed E-state index contributed by atoms with van der Waals surface area (Å²) in [5.41, 5.74) is 0.603. The van der Waals surface area contributed by atoms with Gasteiger partial charge in [0.2, 0.25) is 0 Å². The van der Waals surface area contributed by atoms with Crippen LogP contribution in [0.1, 0.15) is 47.1 Å². The summed E-state index contributed by atoms with van der Waals surface area (Å²) in [5.74, 6) is 0.590. The number of carbonyl (C=O) groups is 1. The Morgan fingerprint density at radius 1 is 1.44 bits per heavy atom. The van der Waals surface area contributed by atoms with Crippen molar-refractivity contribution < 1.29 is 4.79 Å². The molecule has 1 aromatic rings. The van der Waals surface area contributed by atoms with Gasteiger partial charge in [-0.1, -0.05) is 0 Å². The zero-order chi connectivity index (χ0) is 11.1. The minimum absolute atomic E-state index is 0.590. The van der Waals surface area contributed by atoms with Gasteiger partial charge in [-0.05, 0) is 32.7 Å². The van der Waals surface area contributed by atoms with Crippen LogP contribution in [0, 0.1) is 0 Å². The van der Waals surface area contributed by atoms with Gasteiger partial charge >= 0.3 is 0 Å². The third-order valence-electron chi connectivity index (χ3n) is 4.11. The molecule has 0 aromatic carbocycles. The van der Waals surface area contributed by atoms with Crippen LogP contribution in [0.5, 0.6) is 0 Å². The van der Waals surface area contributed by atoms with E-state index >= 15 is 0 Å². The Balaban J connectivity index is 1.79. The van der Waals surface area contributed by atoms with Crippen molar-refractivity contribution in [3.8, 4) is 0 Å². The number of piperidine rings is 1. The van der Waals surface area contributed by atoms with Crippen LogP contribution < -0.4 is 0 Å². The highest BCUT2D eigenvalue weighted by atomic mass is 32.1. The molecule has 2 fully saturated rings. The van der Waals surface area contributed by atoms with E-state index in [1.54, 1.807) is 11.3 Å². The molecule has 2 atom stereocenters. The van der Waals surface area contributed by atoms with Gasteiger partial charge < -0.3 is 4.90 Å². The first-order chi connectivity index (χ1) is 7.78. The average molecular weight is 236 g/mol. The van der Waals surface area contributed by atoms with Crippen LogP contribution in [-0.2, 0) is 0 Å². The van der Waals surface area contributed by atoms with Gasteiger partial charge in [-0.25, -0.2) is 4.98 Å². The van der Waals surface area contributed by atoms with Crippen LogP contribution in [0.25, 0.3) is 0 Å². The van der Waals surface area contributed by atoms with Crippen LogP contribution in [0.2, 0.25) is 0 Å². The fourth-order valence-corrected chi connectivity index (χ4v) is 4.05. The lowest BCUT2D eigenvalue weighted by Crippen LogP contribution is -2.39. The lowest BCUT2D eigenvalue weighted by atomic mass is 9.92. The van der Waals surface area contributed by atoms with Crippen LogP contribution in [0.4, 0.5) is 0 Å². The summed E-state index contributed by atoms with van der Waals surface area (Å²) in [6.45, 7) is 0. The quantitative estimate of drug-likeness (QED) is 0.739. The molecule has 2 aliphatic heterocycles. The van der Waals surface area contributed by atoms with E-state index in [9.17, 15) is 4.79 Å². The normalized spacial score (nSPS) is 34.2. The van der Waals surface area contributed by atoms with E-state index in [1.807, 2.05) is 5.38 Å². The second-order valence-corrected chi connectivity index (χ2v) is 5.84. The van der Waals surface area contributed by atoms with Crippen LogP contribution >= 0.6 is 11.3 Å². The van der Waals surface area contributed by atoms with E-state index in [0.29, 0.717) is 11.6 Å². The van der Waals surface area contributed by atoms with Crippen molar-refractivity contribution in [2.75, 3.05) is 7.05 Å². The van der Waals surface area contributed by atoms with E-state index in [2.05, 4.69) is 16.9 Å². The lowest BCUT2D eigenvalue weighted by Gasteiger charge is -2.35. The summed E-state index contributed by atoms with van der Waals surface area (Å²) in [5, 5.41) is 3.05. The molecule has 1 aromatic heterocycles. The smallest absolute Gasteiger partial charge is 0.169 e. The Morgan fingerprint density at radius 2 is 2.12 bits per heavy atom. The summed E-state index contributed by atoms with van der Waals surface area (Å²) < 4.78 is 0. The number of aromatic nitrogens is 1. The van der Waals surface area contributed by atoms with Gasteiger partial charge in [0.05, 0.1) is 5.01 Å². The number of carbonyl (C=O) groups excluding carboxylic acids is 1. The SMILES string of the molecule is CN1C2CCC1CC(c1nc(C=O)cs1)C2. The highest BCUT2D eigenvalue weighted by molar-refractivity contribution is 7.09. The predicted octanol–water partition coefficient (Wildman–Crippen LogP) is 2.30. The maximum Gasteiger partial charge on any atom is 0.169 e. The molecular formula is C12H16N2OS. The lowest BCUT2D eigenvalue weighted by molar-refractivity contribution is 0.111. The van der Waals surface area contributed by atoms with Gasteiger partial charge in [0.1, 0.15) is 5.69 Å². The van der Waals surface area contributed by atoms with Crippen molar-refractivity contribution in [2.24, 2.45) is 0 Å². The molecule has 2 bridgehead atoms. The van der Waals surface area contributed by atoms with Gasteiger partial charge in [0.25, 0.3) is 0 Å². The van der Waals surface area contributed by atoms with Crippen molar-refractivity contribution in [3.63, 3.8) is 0 Å². The second-order valence-electron chi connectivity index (χ2n) is 4.95. The molecule has 4 heteroatoms. The second kappa shape index (κ2) is 3.93. The van der Waals surface area contributed by atoms with Crippen molar-refractivity contribution in [3.05, 3.63) is 16.1 Å². The minimum atomic E-state index is 0.590. The van der Waals surface area contributed by atoms with Gasteiger partial charge in [0, 0.05) is 23.4 Å². The molecule has 0 amide bonds. The third kappa shape index (κ3) is 1.60. The molecule has 3 rings (SSSR count). The molecule has 0 N–H and O–H groups in total. The van der Waals surface area contributed by atoms with E-state index in [0.717, 1.165) is 18.4 Å². The molecule has 16 heavy (non-hydrogen) atoms. The number of aldehydes is 1. The fraction of sp³-hybridized carbons (Fsp3) is 0.667. The van der Waals surface area contributed by atoms with Crippen LogP contribution in [-0.4, -0.2) is 35.3 Å². The van der Waals surface area contributed by atoms with Crippen molar-refractivity contribution >= 4 is 17.6 Å². The van der Waals surface area contributed by atoms with Gasteiger partial charge in [-0.15, -0.1) is 11.3 Å². The van der Waals surface area contributed by atoms with E-state index in [4.69, 9.17) is 0 Å². The number of nitrogens with zero attached hydrogens (tertiary/aromatic N) is 2. The number of thiazole rings is 1. The van der Waals surface area contributed by atoms with E-state index in [-0.39, 0.29) is 0 Å². The third-order valence-corrected chi connectivity index (χ3v) is 5.13. The summed E-state index contributed by atoms with van der Waals surface area (Å²) in [6, 6.07) is 1.49. The number of rotatable bonds is 2. The predicted molar refractivity (Wildman–Crippen MR) is 64.0 cm³/mol. The van der Waals surface area contributed by atoms with Crippen molar-refractivity contribution in [2.45, 2.75) is 43.7 Å². The van der Waals surface area contributed by atoms with Gasteiger partial charge in [0.15, 0.2) is 6.29 Å². The van der Waals surface area contributed by atoms with Crippen LogP contribution in [0.15, 0.2) is 5.38 Å². The van der Waals surface area contributed by atoms with Gasteiger partial charge in [-0.2, -0.15) is 0 Å². The van der Waals surface area contributed by atoms with Crippen molar-refractivity contribution in [1.82, 2.24) is 9.88 Å². The molecule has 3 nitrogen and oxygen atoms in total. The number of hydrogen-bond donors (Lipinski definition) is 0. The molecule has 2 saturated heterocycles. The molecule has 0 saturated carbocycles. The molecule has 2 aliphatic rings. The minimum Gasteiger partial charge on any atom is -0.300 e. The van der Waals surface area contributed by atoms with Crippen LogP contribution in [0.3, 0.4) is 0 Å². The zero-order valence-corrected chi connectivity index (χ0v) is 10.2. The Hall–Kier alpha value is -0.740. The number of fused-ring (bicyclic) bond motifs is 2. The molecule has 86 valence electrons. The largest absolute Gasteiger partial charge is 0.300 e. The Labute approximate surface area is 99.5 Å². The van der Waals surface area contributed by atoms with E-state index in [1.165, 1.54) is 30.7 Å². The van der Waals surface area contributed by atoms with Gasteiger partial charge in [-0.3, -0.25) is 4.79 Å². The highest BCUT2D eigenvalue weighted by Gasteiger charge is 2.39.